The van der Waals surface area contributed by atoms with Crippen molar-refractivity contribution in [1.82, 2.24) is 14.8 Å². The van der Waals surface area contributed by atoms with Crippen LogP contribution in [0.15, 0.2) is 64.2 Å². The molecule has 198 valence electrons. The highest BCUT2D eigenvalue weighted by Crippen LogP contribution is 2.43. The van der Waals surface area contributed by atoms with Gasteiger partial charge in [-0.15, -0.1) is 10.2 Å². The molecule has 0 aliphatic heterocycles. The van der Waals surface area contributed by atoms with Crippen LogP contribution >= 0.6 is 27.7 Å². The van der Waals surface area contributed by atoms with Crippen LogP contribution in [0.2, 0.25) is 0 Å². The Morgan fingerprint density at radius 1 is 1.11 bits per heavy atom. The maximum atomic E-state index is 13.6. The van der Waals surface area contributed by atoms with E-state index < -0.39 is 5.25 Å². The number of nitro groups is 1. The minimum atomic E-state index is -0.596. The number of nitrogens with zero attached hydrogens (tertiary/aromatic N) is 4. The van der Waals surface area contributed by atoms with Crippen molar-refractivity contribution >= 4 is 27.7 Å². The molecule has 0 radical (unpaired) electrons. The molecule has 0 saturated heterocycles. The SMILES string of the molecule is COc1cc([C@@H](C[N+](=O)[O-])Sc2nnc(C)n2-c2ccc(C)c(C)c2)cc(Br)c1OCc1cccc(F)c1. The van der Waals surface area contributed by atoms with E-state index in [4.69, 9.17) is 9.47 Å². The fraction of sp³-hybridized carbons (Fsp3) is 0.259. The van der Waals surface area contributed by atoms with E-state index in [1.165, 1.54) is 31.0 Å². The summed E-state index contributed by atoms with van der Waals surface area (Å²) in [6, 6.07) is 15.7. The second kappa shape index (κ2) is 12.0. The molecule has 0 bridgehead atoms. The number of methoxy groups -OCH3 is 1. The predicted molar refractivity (Wildman–Crippen MR) is 147 cm³/mol. The maximum absolute atomic E-state index is 13.6. The molecule has 8 nitrogen and oxygen atoms in total. The Balaban J connectivity index is 1.66. The van der Waals surface area contributed by atoms with Gasteiger partial charge >= 0.3 is 0 Å². The van der Waals surface area contributed by atoms with Gasteiger partial charge in [-0.3, -0.25) is 14.7 Å². The van der Waals surface area contributed by atoms with Crippen LogP contribution in [-0.4, -0.2) is 33.3 Å². The molecule has 11 heteroatoms. The molecule has 1 atom stereocenters. The first-order chi connectivity index (χ1) is 18.2. The van der Waals surface area contributed by atoms with Gasteiger partial charge in [0.15, 0.2) is 16.7 Å². The molecule has 3 aromatic carbocycles. The summed E-state index contributed by atoms with van der Waals surface area (Å²) in [5, 5.41) is 20.2. The lowest BCUT2D eigenvalue weighted by molar-refractivity contribution is -0.479. The molecule has 38 heavy (non-hydrogen) atoms. The Bertz CT molecular complexity index is 1480. The molecule has 0 fully saturated rings. The molecule has 0 N–H and O–H groups in total. The van der Waals surface area contributed by atoms with Crippen LogP contribution in [-0.2, 0) is 6.61 Å². The van der Waals surface area contributed by atoms with Crippen molar-refractivity contribution < 1.29 is 18.8 Å². The van der Waals surface area contributed by atoms with Gasteiger partial charge in [0, 0.05) is 10.6 Å². The lowest BCUT2D eigenvalue weighted by Crippen LogP contribution is -2.12. The van der Waals surface area contributed by atoms with Gasteiger partial charge in [-0.1, -0.05) is 30.0 Å². The van der Waals surface area contributed by atoms with E-state index >= 15 is 0 Å². The summed E-state index contributed by atoms with van der Waals surface area (Å²) in [5.41, 5.74) is 4.48. The summed E-state index contributed by atoms with van der Waals surface area (Å²) in [7, 11) is 1.50. The summed E-state index contributed by atoms with van der Waals surface area (Å²) >= 11 is 4.78. The lowest BCUT2D eigenvalue weighted by Gasteiger charge is -2.18. The minimum Gasteiger partial charge on any atom is -0.493 e. The summed E-state index contributed by atoms with van der Waals surface area (Å²) in [6.45, 7) is 5.69. The Morgan fingerprint density at radius 2 is 1.89 bits per heavy atom. The standard InChI is InChI=1S/C27H26BrFN4O4S/c1-16-8-9-22(10-17(16)2)33-18(3)30-31-27(33)38-25(14-32(34)35)20-12-23(28)26(24(13-20)36-4)37-15-19-6-5-7-21(29)11-19/h5-13,25H,14-15H2,1-4H3/t25-/m1/s1. The Morgan fingerprint density at radius 3 is 2.58 bits per heavy atom. The Labute approximate surface area is 232 Å². The van der Waals surface area contributed by atoms with Crippen molar-refractivity contribution in [2.24, 2.45) is 0 Å². The Kier molecular flexibility index (Phi) is 8.68. The van der Waals surface area contributed by atoms with Gasteiger partial charge in [0.2, 0.25) is 6.54 Å². The number of thioether (sulfide) groups is 1. The zero-order valence-corrected chi connectivity index (χ0v) is 23.7. The van der Waals surface area contributed by atoms with Gasteiger partial charge in [0.1, 0.15) is 23.5 Å². The smallest absolute Gasteiger partial charge is 0.220 e. The van der Waals surface area contributed by atoms with Crippen LogP contribution in [0.25, 0.3) is 5.69 Å². The highest BCUT2D eigenvalue weighted by molar-refractivity contribution is 9.10. The van der Waals surface area contributed by atoms with Gasteiger partial charge in [-0.2, -0.15) is 0 Å². The number of halogens is 2. The number of benzene rings is 3. The minimum absolute atomic E-state index is 0.123. The van der Waals surface area contributed by atoms with Crippen LogP contribution in [0.5, 0.6) is 11.5 Å². The van der Waals surface area contributed by atoms with Gasteiger partial charge in [0.25, 0.3) is 0 Å². The Hall–Kier alpha value is -3.44. The summed E-state index contributed by atoms with van der Waals surface area (Å²) in [5.74, 6) is 1.14. The molecule has 0 aliphatic carbocycles. The van der Waals surface area contributed by atoms with Crippen molar-refractivity contribution in [1.29, 1.82) is 0 Å². The predicted octanol–water partition coefficient (Wildman–Crippen LogP) is 6.79. The molecule has 1 aromatic heterocycles. The average Bonchev–Trinajstić information content (AvgIpc) is 3.23. The number of rotatable bonds is 10. The van der Waals surface area contributed by atoms with Gasteiger partial charge < -0.3 is 9.47 Å². The van der Waals surface area contributed by atoms with Crippen LogP contribution in [0.3, 0.4) is 0 Å². The molecular formula is C27H26BrFN4O4S. The topological polar surface area (TPSA) is 92.3 Å². The van der Waals surface area contributed by atoms with Crippen LogP contribution in [0.4, 0.5) is 4.39 Å². The fourth-order valence-electron chi connectivity index (χ4n) is 3.90. The first-order valence-corrected chi connectivity index (χ1v) is 13.4. The summed E-state index contributed by atoms with van der Waals surface area (Å²) in [4.78, 5) is 11.3. The van der Waals surface area contributed by atoms with Crippen molar-refractivity contribution in [3.8, 4) is 17.2 Å². The average molecular weight is 601 g/mol. The van der Waals surface area contributed by atoms with Crippen LogP contribution < -0.4 is 9.47 Å². The first-order valence-electron chi connectivity index (χ1n) is 11.7. The van der Waals surface area contributed by atoms with E-state index in [0.29, 0.717) is 38.1 Å². The van der Waals surface area contributed by atoms with Crippen molar-refractivity contribution in [2.75, 3.05) is 13.7 Å². The second-order valence-electron chi connectivity index (χ2n) is 8.71. The highest BCUT2D eigenvalue weighted by atomic mass is 79.9. The highest BCUT2D eigenvalue weighted by Gasteiger charge is 2.26. The molecular weight excluding hydrogens is 575 g/mol. The zero-order valence-electron chi connectivity index (χ0n) is 21.3. The molecule has 0 spiro atoms. The number of hydrogen-bond acceptors (Lipinski definition) is 7. The quantitative estimate of drug-likeness (QED) is 0.112. The van der Waals surface area contributed by atoms with E-state index in [0.717, 1.165) is 16.8 Å². The van der Waals surface area contributed by atoms with E-state index in [1.54, 1.807) is 24.3 Å². The number of hydrogen-bond donors (Lipinski definition) is 0. The molecule has 1 heterocycles. The van der Waals surface area contributed by atoms with Crippen LogP contribution in [0, 0.1) is 36.7 Å². The summed E-state index contributed by atoms with van der Waals surface area (Å²) < 4.78 is 27.5. The van der Waals surface area contributed by atoms with E-state index in [9.17, 15) is 14.5 Å². The van der Waals surface area contributed by atoms with Crippen molar-refractivity contribution in [3.63, 3.8) is 0 Å². The van der Waals surface area contributed by atoms with Gasteiger partial charge in [0.05, 0.1) is 11.6 Å². The fourth-order valence-corrected chi connectivity index (χ4v) is 5.63. The largest absolute Gasteiger partial charge is 0.493 e. The van der Waals surface area contributed by atoms with Crippen LogP contribution in [0.1, 0.15) is 33.3 Å². The zero-order chi connectivity index (χ0) is 27.4. The number of aryl methyl sites for hydroxylation is 3. The third kappa shape index (κ3) is 6.33. The number of aromatic nitrogens is 3. The van der Waals surface area contributed by atoms with Gasteiger partial charge in [-0.05, 0) is 95.4 Å². The maximum Gasteiger partial charge on any atom is 0.220 e. The first kappa shape index (κ1) is 27.6. The molecule has 0 amide bonds. The monoisotopic (exact) mass is 600 g/mol. The molecule has 0 saturated carbocycles. The van der Waals surface area contributed by atoms with E-state index in [2.05, 4.69) is 26.1 Å². The van der Waals surface area contributed by atoms with Gasteiger partial charge in [-0.25, -0.2) is 4.39 Å². The summed E-state index contributed by atoms with van der Waals surface area (Å²) in [6.07, 6.45) is 0. The van der Waals surface area contributed by atoms with E-state index in [1.807, 2.05) is 43.5 Å². The lowest BCUT2D eigenvalue weighted by atomic mass is 10.1. The molecule has 0 unspecified atom stereocenters. The third-order valence-electron chi connectivity index (χ3n) is 6.00. The molecule has 4 aromatic rings. The molecule has 0 aliphatic rings. The third-order valence-corrected chi connectivity index (χ3v) is 7.77. The number of ether oxygens (including phenoxy) is 2. The second-order valence-corrected chi connectivity index (χ2v) is 10.7. The van der Waals surface area contributed by atoms with Crippen molar-refractivity contribution in [2.45, 2.75) is 37.8 Å². The van der Waals surface area contributed by atoms with E-state index in [-0.39, 0.29) is 23.9 Å². The van der Waals surface area contributed by atoms with Crippen molar-refractivity contribution in [3.05, 3.63) is 103 Å². The normalized spacial score (nSPS) is 11.8. The molecule has 4 rings (SSSR count).